The van der Waals surface area contributed by atoms with Crippen molar-refractivity contribution >= 4 is 40.5 Å². The van der Waals surface area contributed by atoms with E-state index in [1.807, 2.05) is 35.7 Å². The van der Waals surface area contributed by atoms with Crippen LogP contribution in [0.2, 0.25) is 0 Å². The molecule has 0 unspecified atom stereocenters. The summed E-state index contributed by atoms with van der Waals surface area (Å²) in [6, 6.07) is 19.5. The minimum absolute atomic E-state index is 0.135. The van der Waals surface area contributed by atoms with Gasteiger partial charge in [-0.15, -0.1) is 0 Å². The lowest BCUT2D eigenvalue weighted by Crippen LogP contribution is -2.41. The molecule has 6 rings (SSSR count). The highest BCUT2D eigenvalue weighted by Gasteiger charge is 2.16. The molecule has 4 heterocycles. The van der Waals surface area contributed by atoms with Crippen molar-refractivity contribution in [3.8, 4) is 11.4 Å². The number of nitrogens with two attached hydrogens (primary N) is 1. The van der Waals surface area contributed by atoms with E-state index in [0.29, 0.717) is 46.3 Å². The van der Waals surface area contributed by atoms with E-state index in [1.165, 1.54) is 0 Å². The number of aryl methyl sites for hydroxylation is 1. The SMILES string of the molecule is Cc1nc2cc(C(=O)NCCN3CCOCC3)ccn2c1-c1ccnc(Nc2ccc(C(=O)Nc3ccccc3N)cc2)n1. The minimum atomic E-state index is -0.260. The first-order valence-electron chi connectivity index (χ1n) is 14.4. The van der Waals surface area contributed by atoms with Crippen molar-refractivity contribution in [2.24, 2.45) is 0 Å². The highest BCUT2D eigenvalue weighted by Crippen LogP contribution is 2.25. The number of hydrogen-bond acceptors (Lipinski definition) is 9. The van der Waals surface area contributed by atoms with Gasteiger partial charge in [0.15, 0.2) is 0 Å². The summed E-state index contributed by atoms with van der Waals surface area (Å²) in [5.41, 5.74) is 11.6. The molecule has 1 fully saturated rings. The summed E-state index contributed by atoms with van der Waals surface area (Å²) >= 11 is 0. The van der Waals surface area contributed by atoms with Gasteiger partial charge in [0.1, 0.15) is 5.65 Å². The van der Waals surface area contributed by atoms with Crippen LogP contribution >= 0.6 is 0 Å². The molecule has 12 nitrogen and oxygen atoms in total. The lowest BCUT2D eigenvalue weighted by Gasteiger charge is -2.26. The van der Waals surface area contributed by atoms with Crippen LogP contribution in [0.5, 0.6) is 0 Å². The molecule has 0 bridgehead atoms. The van der Waals surface area contributed by atoms with Crippen molar-refractivity contribution in [2.45, 2.75) is 6.92 Å². The maximum absolute atomic E-state index is 12.8. The van der Waals surface area contributed by atoms with Gasteiger partial charge >= 0.3 is 0 Å². The third-order valence-electron chi connectivity index (χ3n) is 7.39. The molecule has 44 heavy (non-hydrogen) atoms. The Balaban J connectivity index is 1.12. The number of hydrogen-bond donors (Lipinski definition) is 4. The Morgan fingerprint density at radius 1 is 0.955 bits per heavy atom. The summed E-state index contributed by atoms with van der Waals surface area (Å²) in [5.74, 6) is -0.00373. The Hall–Kier alpha value is -5.33. The zero-order valence-electron chi connectivity index (χ0n) is 24.3. The number of pyridine rings is 1. The molecule has 12 heteroatoms. The number of nitrogen functional groups attached to an aromatic ring is 1. The molecule has 2 aromatic carbocycles. The Kier molecular flexibility index (Phi) is 8.43. The minimum Gasteiger partial charge on any atom is -0.397 e. The molecule has 0 saturated carbocycles. The fraction of sp³-hybridized carbons (Fsp3) is 0.219. The molecule has 5 aromatic rings. The van der Waals surface area contributed by atoms with Gasteiger partial charge in [0, 0.05) is 55.4 Å². The number of rotatable bonds is 9. The number of amides is 2. The number of nitrogens with one attached hydrogen (secondary N) is 3. The number of nitrogens with zero attached hydrogens (tertiary/aromatic N) is 5. The van der Waals surface area contributed by atoms with E-state index < -0.39 is 0 Å². The Labute approximate surface area is 254 Å². The van der Waals surface area contributed by atoms with Crippen LogP contribution in [0.15, 0.2) is 79.1 Å². The van der Waals surface area contributed by atoms with Crippen LogP contribution < -0.4 is 21.7 Å². The molecule has 2 amide bonds. The van der Waals surface area contributed by atoms with Gasteiger partial charge in [-0.3, -0.25) is 18.9 Å². The second-order valence-corrected chi connectivity index (χ2v) is 10.4. The Bertz CT molecular complexity index is 1800. The molecular formula is C32H33N9O3. The number of morpholine rings is 1. The van der Waals surface area contributed by atoms with Gasteiger partial charge in [0.05, 0.1) is 41.7 Å². The number of aromatic nitrogens is 4. The molecule has 1 saturated heterocycles. The molecule has 224 valence electrons. The fourth-order valence-corrected chi connectivity index (χ4v) is 5.06. The molecule has 0 aliphatic carbocycles. The lowest BCUT2D eigenvalue weighted by atomic mass is 10.2. The predicted molar refractivity (Wildman–Crippen MR) is 169 cm³/mol. The van der Waals surface area contributed by atoms with Crippen molar-refractivity contribution in [1.82, 2.24) is 29.6 Å². The van der Waals surface area contributed by atoms with Gasteiger partial charge in [-0.05, 0) is 61.5 Å². The summed E-state index contributed by atoms with van der Waals surface area (Å²) in [6.45, 7) is 6.50. The first-order valence-corrected chi connectivity index (χ1v) is 14.4. The van der Waals surface area contributed by atoms with E-state index in [1.54, 1.807) is 54.7 Å². The third kappa shape index (κ3) is 6.51. The maximum Gasteiger partial charge on any atom is 0.255 e. The highest BCUT2D eigenvalue weighted by atomic mass is 16.5. The lowest BCUT2D eigenvalue weighted by molar-refractivity contribution is 0.0383. The second-order valence-electron chi connectivity index (χ2n) is 10.4. The fourth-order valence-electron chi connectivity index (χ4n) is 5.06. The summed E-state index contributed by atoms with van der Waals surface area (Å²) < 4.78 is 7.29. The number of carbonyl (C=O) groups excluding carboxylic acids is 2. The van der Waals surface area contributed by atoms with E-state index in [-0.39, 0.29) is 11.8 Å². The van der Waals surface area contributed by atoms with Crippen LogP contribution in [0.1, 0.15) is 26.4 Å². The Morgan fingerprint density at radius 3 is 2.55 bits per heavy atom. The van der Waals surface area contributed by atoms with Crippen LogP contribution in [-0.4, -0.2) is 75.5 Å². The molecule has 3 aromatic heterocycles. The topological polar surface area (TPSA) is 152 Å². The molecular weight excluding hydrogens is 558 g/mol. The van der Waals surface area contributed by atoms with Crippen molar-refractivity contribution in [3.05, 3.63) is 95.9 Å². The average molecular weight is 592 g/mol. The first kappa shape index (κ1) is 28.8. The monoisotopic (exact) mass is 591 g/mol. The van der Waals surface area contributed by atoms with Crippen molar-refractivity contribution < 1.29 is 14.3 Å². The van der Waals surface area contributed by atoms with Gasteiger partial charge in [0.2, 0.25) is 5.95 Å². The summed E-state index contributed by atoms with van der Waals surface area (Å²) in [6.07, 6.45) is 3.51. The molecule has 5 N–H and O–H groups in total. The van der Waals surface area contributed by atoms with Gasteiger partial charge in [-0.2, -0.15) is 0 Å². The largest absolute Gasteiger partial charge is 0.397 e. The molecule has 0 radical (unpaired) electrons. The summed E-state index contributed by atoms with van der Waals surface area (Å²) in [5, 5.41) is 9.03. The summed E-state index contributed by atoms with van der Waals surface area (Å²) in [4.78, 5) is 41.5. The number of imidazole rings is 1. The van der Waals surface area contributed by atoms with Crippen LogP contribution in [-0.2, 0) is 4.74 Å². The van der Waals surface area contributed by atoms with E-state index in [4.69, 9.17) is 20.4 Å². The highest BCUT2D eigenvalue weighted by molar-refractivity contribution is 6.05. The van der Waals surface area contributed by atoms with E-state index >= 15 is 0 Å². The standard InChI is InChI=1S/C32H33N9O3/c1-21-29(41-14-11-23(20-28(41)36-21)30(42)34-13-15-40-16-18-44-19-17-40)27-10-12-35-32(39-27)37-24-8-6-22(7-9-24)31(43)38-26-5-3-2-4-25(26)33/h2-12,14,20H,13,15-19,33H2,1H3,(H,34,42)(H,38,43)(H,35,37,39). The second kappa shape index (κ2) is 12.9. The molecule has 1 aliphatic rings. The smallest absolute Gasteiger partial charge is 0.255 e. The van der Waals surface area contributed by atoms with E-state index in [9.17, 15) is 9.59 Å². The molecule has 1 aliphatic heterocycles. The number of benzene rings is 2. The first-order chi connectivity index (χ1) is 21.4. The quantitative estimate of drug-likeness (QED) is 0.188. The number of anilines is 4. The zero-order chi connectivity index (χ0) is 30.5. The maximum atomic E-state index is 12.8. The van der Waals surface area contributed by atoms with Crippen molar-refractivity contribution in [2.75, 3.05) is 55.8 Å². The predicted octanol–water partition coefficient (Wildman–Crippen LogP) is 3.74. The normalized spacial score (nSPS) is 13.5. The van der Waals surface area contributed by atoms with E-state index in [2.05, 4.69) is 25.8 Å². The van der Waals surface area contributed by atoms with Crippen LogP contribution in [0.3, 0.4) is 0 Å². The molecule has 0 spiro atoms. The van der Waals surface area contributed by atoms with Crippen LogP contribution in [0, 0.1) is 6.92 Å². The number of para-hydroxylation sites is 2. The number of fused-ring (bicyclic) bond motifs is 1. The van der Waals surface area contributed by atoms with Gasteiger partial charge < -0.3 is 26.4 Å². The summed E-state index contributed by atoms with van der Waals surface area (Å²) in [7, 11) is 0. The third-order valence-corrected chi connectivity index (χ3v) is 7.39. The van der Waals surface area contributed by atoms with E-state index in [0.717, 1.165) is 49.9 Å². The van der Waals surface area contributed by atoms with Crippen molar-refractivity contribution in [1.29, 1.82) is 0 Å². The number of carbonyl (C=O) groups is 2. The van der Waals surface area contributed by atoms with Crippen molar-refractivity contribution in [3.63, 3.8) is 0 Å². The van der Waals surface area contributed by atoms with Crippen LogP contribution in [0.4, 0.5) is 23.0 Å². The zero-order valence-corrected chi connectivity index (χ0v) is 24.3. The number of ether oxygens (including phenoxy) is 1. The molecule has 0 atom stereocenters. The average Bonchev–Trinajstić information content (AvgIpc) is 3.38. The Morgan fingerprint density at radius 2 is 1.75 bits per heavy atom. The van der Waals surface area contributed by atoms with Gasteiger partial charge in [-0.25, -0.2) is 15.0 Å². The van der Waals surface area contributed by atoms with Crippen LogP contribution in [0.25, 0.3) is 17.0 Å². The van der Waals surface area contributed by atoms with Gasteiger partial charge in [-0.1, -0.05) is 12.1 Å². The van der Waals surface area contributed by atoms with Gasteiger partial charge in [0.25, 0.3) is 11.8 Å².